The van der Waals surface area contributed by atoms with Crippen LogP contribution in [0.5, 0.6) is 5.75 Å². The van der Waals surface area contributed by atoms with E-state index < -0.39 is 22.0 Å². The lowest BCUT2D eigenvalue weighted by Gasteiger charge is -2.31. The van der Waals surface area contributed by atoms with Crippen molar-refractivity contribution in [3.63, 3.8) is 0 Å². The number of carbonyl (C=O) groups excluding carboxylic acids is 1. The molecule has 2 N–H and O–H groups in total. The van der Waals surface area contributed by atoms with E-state index in [0.717, 1.165) is 5.56 Å². The average molecular weight is 419 g/mol. The zero-order chi connectivity index (χ0) is 20.9. The smallest absolute Gasteiger partial charge is 0.243 e. The number of ether oxygens (including phenoxy) is 1. The molecule has 2 aromatic carbocycles. The monoisotopic (exact) mass is 418 g/mol. The molecule has 0 spiro atoms. The number of piperidine rings is 1. The maximum absolute atomic E-state index is 12.9. The van der Waals surface area contributed by atoms with Gasteiger partial charge in [0.1, 0.15) is 5.75 Å². The van der Waals surface area contributed by atoms with Gasteiger partial charge in [-0.2, -0.15) is 4.31 Å². The molecule has 0 unspecified atom stereocenters. The van der Waals surface area contributed by atoms with Crippen molar-refractivity contribution in [2.24, 2.45) is 5.92 Å². The number of benzene rings is 2. The number of carbonyl (C=O) groups is 1. The molecule has 1 heterocycles. The summed E-state index contributed by atoms with van der Waals surface area (Å²) in [5.74, 6) is -0.105. The van der Waals surface area contributed by atoms with E-state index in [0.29, 0.717) is 25.1 Å². The predicted molar refractivity (Wildman–Crippen MR) is 109 cm³/mol. The lowest BCUT2D eigenvalue weighted by Crippen LogP contribution is -2.46. The first kappa shape index (κ1) is 21.3. The Morgan fingerprint density at radius 2 is 1.90 bits per heavy atom. The number of aliphatic hydroxyl groups is 1. The Balaban J connectivity index is 1.61. The Hall–Kier alpha value is -2.42. The highest BCUT2D eigenvalue weighted by Crippen LogP contribution is 2.25. The molecule has 0 aromatic heterocycles. The van der Waals surface area contributed by atoms with Crippen molar-refractivity contribution in [2.75, 3.05) is 26.7 Å². The van der Waals surface area contributed by atoms with Gasteiger partial charge in [-0.15, -0.1) is 0 Å². The summed E-state index contributed by atoms with van der Waals surface area (Å²) in [6.07, 6.45) is 0.416. The first-order valence-electron chi connectivity index (χ1n) is 9.56. The number of methoxy groups -OCH3 is 1. The highest BCUT2D eigenvalue weighted by Gasteiger charge is 2.33. The third-order valence-corrected chi connectivity index (χ3v) is 6.99. The number of amides is 1. The zero-order valence-corrected chi connectivity index (χ0v) is 17.1. The normalized spacial score (nSPS) is 18.8. The second-order valence-electron chi connectivity index (χ2n) is 7.05. The topological polar surface area (TPSA) is 95.9 Å². The second kappa shape index (κ2) is 9.39. The van der Waals surface area contributed by atoms with Gasteiger partial charge in [0.05, 0.1) is 24.0 Å². The van der Waals surface area contributed by atoms with E-state index in [9.17, 15) is 18.3 Å². The van der Waals surface area contributed by atoms with Crippen LogP contribution in [-0.2, 0) is 14.8 Å². The number of rotatable bonds is 7. The molecule has 1 aliphatic heterocycles. The van der Waals surface area contributed by atoms with Gasteiger partial charge in [-0.05, 0) is 42.7 Å². The van der Waals surface area contributed by atoms with E-state index in [-0.39, 0.29) is 23.9 Å². The van der Waals surface area contributed by atoms with Gasteiger partial charge in [-0.25, -0.2) is 8.42 Å². The van der Waals surface area contributed by atoms with Gasteiger partial charge in [-0.3, -0.25) is 4.79 Å². The molecule has 7 nitrogen and oxygen atoms in total. The Bertz CT molecular complexity index is 916. The van der Waals surface area contributed by atoms with Crippen molar-refractivity contribution in [1.82, 2.24) is 9.62 Å². The van der Waals surface area contributed by atoms with Crippen molar-refractivity contribution in [2.45, 2.75) is 23.8 Å². The number of nitrogens with zero attached hydrogens (tertiary/aromatic N) is 1. The maximum atomic E-state index is 12.9. The standard InChI is InChI=1S/C21H26N2O5S/c1-28-18-9-11-19(12-10-18)29(26,27)23-13-5-8-17(15-23)21(25)22-14-20(24)16-6-3-2-4-7-16/h2-4,6-7,9-12,17,20,24H,5,8,13-15H2,1H3,(H,22,25)/t17-,20-/m1/s1. The SMILES string of the molecule is COc1ccc(S(=O)(=O)N2CCC[C@@H](C(=O)NC[C@@H](O)c3ccccc3)C2)cc1. The van der Waals surface area contributed by atoms with Crippen LogP contribution in [-0.4, -0.2) is 50.5 Å². The molecular formula is C21H26N2O5S. The summed E-state index contributed by atoms with van der Waals surface area (Å²) in [5.41, 5.74) is 0.722. The van der Waals surface area contributed by atoms with E-state index >= 15 is 0 Å². The van der Waals surface area contributed by atoms with Crippen LogP contribution < -0.4 is 10.1 Å². The van der Waals surface area contributed by atoms with Crippen molar-refractivity contribution in [1.29, 1.82) is 0 Å². The summed E-state index contributed by atoms with van der Waals surface area (Å²) in [6, 6.07) is 15.3. The molecule has 2 aromatic rings. The fourth-order valence-electron chi connectivity index (χ4n) is 3.41. The maximum Gasteiger partial charge on any atom is 0.243 e. The highest BCUT2D eigenvalue weighted by molar-refractivity contribution is 7.89. The van der Waals surface area contributed by atoms with Crippen molar-refractivity contribution >= 4 is 15.9 Å². The number of sulfonamides is 1. The largest absolute Gasteiger partial charge is 0.497 e. The van der Waals surface area contributed by atoms with Crippen LogP contribution in [0.3, 0.4) is 0 Å². The zero-order valence-electron chi connectivity index (χ0n) is 16.3. The fourth-order valence-corrected chi connectivity index (χ4v) is 4.93. The van der Waals surface area contributed by atoms with E-state index in [1.54, 1.807) is 24.3 Å². The molecule has 29 heavy (non-hydrogen) atoms. The minimum absolute atomic E-state index is 0.0879. The summed E-state index contributed by atoms with van der Waals surface area (Å²) in [7, 11) is -2.16. The minimum atomic E-state index is -3.68. The lowest BCUT2D eigenvalue weighted by molar-refractivity contribution is -0.126. The number of hydrogen-bond donors (Lipinski definition) is 2. The summed E-state index contributed by atoms with van der Waals surface area (Å²) in [4.78, 5) is 12.7. The van der Waals surface area contributed by atoms with Gasteiger partial charge in [0.15, 0.2) is 0 Å². The molecule has 1 saturated heterocycles. The molecule has 0 bridgehead atoms. The Labute approximate surface area is 171 Å². The van der Waals surface area contributed by atoms with Crippen LogP contribution in [0.15, 0.2) is 59.5 Å². The minimum Gasteiger partial charge on any atom is -0.497 e. The van der Waals surface area contributed by atoms with Crippen LogP contribution in [0.2, 0.25) is 0 Å². The van der Waals surface area contributed by atoms with E-state index in [2.05, 4.69) is 5.32 Å². The van der Waals surface area contributed by atoms with Gasteiger partial charge >= 0.3 is 0 Å². The van der Waals surface area contributed by atoms with Crippen LogP contribution in [0.1, 0.15) is 24.5 Å². The fraction of sp³-hybridized carbons (Fsp3) is 0.381. The summed E-state index contributed by atoms with van der Waals surface area (Å²) >= 11 is 0. The number of hydrogen-bond acceptors (Lipinski definition) is 5. The molecule has 0 aliphatic carbocycles. The molecule has 1 aliphatic rings. The first-order valence-corrected chi connectivity index (χ1v) is 11.0. The van der Waals surface area contributed by atoms with E-state index in [1.807, 2.05) is 18.2 Å². The van der Waals surface area contributed by atoms with Gasteiger partial charge in [0.2, 0.25) is 15.9 Å². The quantitative estimate of drug-likeness (QED) is 0.717. The predicted octanol–water partition coefficient (Wildman–Crippen LogP) is 1.95. The molecular weight excluding hydrogens is 392 g/mol. The van der Waals surface area contributed by atoms with Crippen LogP contribution in [0, 0.1) is 5.92 Å². The van der Waals surface area contributed by atoms with Crippen molar-refractivity contribution in [3.05, 3.63) is 60.2 Å². The second-order valence-corrected chi connectivity index (χ2v) is 8.99. The first-order chi connectivity index (χ1) is 13.9. The van der Waals surface area contributed by atoms with Gasteiger partial charge in [0.25, 0.3) is 0 Å². The van der Waals surface area contributed by atoms with Crippen LogP contribution in [0.4, 0.5) is 0 Å². The molecule has 1 amide bonds. The number of nitrogens with one attached hydrogen (secondary N) is 1. The van der Waals surface area contributed by atoms with Crippen LogP contribution in [0.25, 0.3) is 0 Å². The summed E-state index contributed by atoms with van der Waals surface area (Å²) in [6.45, 7) is 0.594. The molecule has 0 saturated carbocycles. The molecule has 0 radical (unpaired) electrons. The van der Waals surface area contributed by atoms with Crippen LogP contribution >= 0.6 is 0 Å². The molecule has 156 valence electrons. The Morgan fingerprint density at radius 1 is 1.21 bits per heavy atom. The Kier molecular flexibility index (Phi) is 6.89. The number of aliphatic hydroxyl groups excluding tert-OH is 1. The lowest BCUT2D eigenvalue weighted by atomic mass is 9.98. The van der Waals surface area contributed by atoms with Gasteiger partial charge in [-0.1, -0.05) is 30.3 Å². The molecule has 2 atom stereocenters. The van der Waals surface area contributed by atoms with Gasteiger partial charge < -0.3 is 15.2 Å². The highest BCUT2D eigenvalue weighted by atomic mass is 32.2. The third kappa shape index (κ3) is 5.14. The molecule has 3 rings (SSSR count). The molecule has 8 heteroatoms. The summed E-state index contributed by atoms with van der Waals surface area (Å²) in [5, 5.41) is 13.0. The van der Waals surface area contributed by atoms with E-state index in [4.69, 9.17) is 4.74 Å². The van der Waals surface area contributed by atoms with Crippen molar-refractivity contribution < 1.29 is 23.1 Å². The van der Waals surface area contributed by atoms with E-state index in [1.165, 1.54) is 23.5 Å². The summed E-state index contributed by atoms with van der Waals surface area (Å²) < 4.78 is 32.3. The third-order valence-electron chi connectivity index (χ3n) is 5.11. The van der Waals surface area contributed by atoms with Crippen molar-refractivity contribution in [3.8, 4) is 5.75 Å². The molecule has 1 fully saturated rings. The Morgan fingerprint density at radius 3 is 2.55 bits per heavy atom. The average Bonchev–Trinajstić information content (AvgIpc) is 2.78. The van der Waals surface area contributed by atoms with Gasteiger partial charge in [0, 0.05) is 19.6 Å².